The van der Waals surface area contributed by atoms with Crippen molar-refractivity contribution >= 4 is 11.7 Å². The average Bonchev–Trinajstić information content (AvgIpc) is 2.33. The zero-order valence-corrected chi connectivity index (χ0v) is 15.3. The molecule has 0 rings (SSSR count). The summed E-state index contributed by atoms with van der Waals surface area (Å²) in [6.45, 7) is 15.0. The zero-order chi connectivity index (χ0) is 17.4. The molecule has 22 heavy (non-hydrogen) atoms. The van der Waals surface area contributed by atoms with Gasteiger partial charge in [0.1, 0.15) is 5.78 Å². The molecule has 0 atom stereocenters. The highest BCUT2D eigenvalue weighted by atomic mass is 16.5. The fourth-order valence-corrected chi connectivity index (χ4v) is 2.35. The Morgan fingerprint density at radius 1 is 0.955 bits per heavy atom. The van der Waals surface area contributed by atoms with Crippen LogP contribution in [0, 0.1) is 0 Å². The molecule has 0 aliphatic rings. The molecule has 0 aliphatic heterocycles. The fourth-order valence-electron chi connectivity index (χ4n) is 2.35. The standard InChI is InChI=1S/C17H33NO4/c1-8-21-16(4,5)10-11-18(13-14(3)19)15(20)12-17(6,7)22-9-2/h8-13H2,1-7H3. The molecule has 5 heteroatoms. The molecule has 0 spiro atoms. The second kappa shape index (κ2) is 9.26. The molecule has 0 radical (unpaired) electrons. The molecule has 0 saturated carbocycles. The zero-order valence-electron chi connectivity index (χ0n) is 15.3. The molecule has 0 fully saturated rings. The monoisotopic (exact) mass is 315 g/mol. The molecule has 0 aromatic rings. The van der Waals surface area contributed by atoms with E-state index >= 15 is 0 Å². The van der Waals surface area contributed by atoms with Crippen molar-refractivity contribution in [1.82, 2.24) is 4.90 Å². The van der Waals surface area contributed by atoms with E-state index in [1.165, 1.54) is 6.92 Å². The van der Waals surface area contributed by atoms with Crippen LogP contribution in [0.4, 0.5) is 0 Å². The summed E-state index contributed by atoms with van der Waals surface area (Å²) in [5.74, 6) is -0.0715. The Hall–Kier alpha value is -0.940. The predicted octanol–water partition coefficient (Wildman–Crippen LogP) is 2.81. The molecule has 0 N–H and O–H groups in total. The lowest BCUT2D eigenvalue weighted by Gasteiger charge is -2.31. The van der Waals surface area contributed by atoms with E-state index < -0.39 is 5.60 Å². The lowest BCUT2D eigenvalue weighted by molar-refractivity contribution is -0.141. The number of amides is 1. The lowest BCUT2D eigenvalue weighted by Crippen LogP contribution is -2.42. The minimum atomic E-state index is -0.518. The van der Waals surface area contributed by atoms with Crippen LogP contribution in [0.5, 0.6) is 0 Å². The number of hydrogen-bond acceptors (Lipinski definition) is 4. The number of hydrogen-bond donors (Lipinski definition) is 0. The maximum Gasteiger partial charge on any atom is 0.225 e. The summed E-state index contributed by atoms with van der Waals surface area (Å²) in [7, 11) is 0. The van der Waals surface area contributed by atoms with Crippen LogP contribution in [0.3, 0.4) is 0 Å². The van der Waals surface area contributed by atoms with Crippen LogP contribution < -0.4 is 0 Å². The molecule has 1 amide bonds. The third-order valence-electron chi connectivity index (χ3n) is 3.40. The van der Waals surface area contributed by atoms with Crippen molar-refractivity contribution < 1.29 is 19.1 Å². The van der Waals surface area contributed by atoms with Gasteiger partial charge in [0.25, 0.3) is 0 Å². The van der Waals surface area contributed by atoms with Gasteiger partial charge in [-0.3, -0.25) is 9.59 Å². The van der Waals surface area contributed by atoms with Crippen LogP contribution in [-0.2, 0) is 19.1 Å². The Morgan fingerprint density at radius 3 is 1.91 bits per heavy atom. The van der Waals surface area contributed by atoms with Crippen LogP contribution in [-0.4, -0.2) is 54.1 Å². The first kappa shape index (κ1) is 21.1. The van der Waals surface area contributed by atoms with Gasteiger partial charge in [-0.15, -0.1) is 0 Å². The summed E-state index contributed by atoms with van der Waals surface area (Å²) >= 11 is 0. The molecule has 0 bridgehead atoms. The van der Waals surface area contributed by atoms with Gasteiger partial charge in [-0.2, -0.15) is 0 Å². The highest BCUT2D eigenvalue weighted by Gasteiger charge is 2.27. The largest absolute Gasteiger partial charge is 0.376 e. The van der Waals surface area contributed by atoms with Gasteiger partial charge >= 0.3 is 0 Å². The molecule has 5 nitrogen and oxygen atoms in total. The van der Waals surface area contributed by atoms with Gasteiger partial charge in [0, 0.05) is 19.8 Å². The van der Waals surface area contributed by atoms with Crippen molar-refractivity contribution in [1.29, 1.82) is 0 Å². The van der Waals surface area contributed by atoms with E-state index in [1.54, 1.807) is 4.90 Å². The second-order valence-corrected chi connectivity index (χ2v) is 6.83. The second-order valence-electron chi connectivity index (χ2n) is 6.83. The number of rotatable bonds is 11. The average molecular weight is 315 g/mol. The first-order chi connectivity index (χ1) is 10.0. The van der Waals surface area contributed by atoms with Crippen LogP contribution in [0.1, 0.15) is 61.3 Å². The van der Waals surface area contributed by atoms with E-state index in [0.29, 0.717) is 26.2 Å². The maximum absolute atomic E-state index is 12.5. The Bertz CT molecular complexity index is 364. The number of ketones is 1. The Labute approximate surface area is 135 Å². The topological polar surface area (TPSA) is 55.8 Å². The number of nitrogens with zero attached hydrogens (tertiary/aromatic N) is 1. The summed E-state index contributed by atoms with van der Waals surface area (Å²) in [5.41, 5.74) is -0.824. The Balaban J connectivity index is 4.76. The van der Waals surface area contributed by atoms with Crippen LogP contribution >= 0.6 is 0 Å². The Morgan fingerprint density at radius 2 is 1.45 bits per heavy atom. The van der Waals surface area contributed by atoms with Crippen LogP contribution in [0.2, 0.25) is 0 Å². The minimum absolute atomic E-state index is 0.0169. The van der Waals surface area contributed by atoms with E-state index in [9.17, 15) is 9.59 Å². The van der Waals surface area contributed by atoms with Gasteiger partial charge in [0.2, 0.25) is 5.91 Å². The lowest BCUT2D eigenvalue weighted by atomic mass is 10.0. The number of Topliss-reactive ketones (excluding diaryl/α,β-unsaturated/α-hetero) is 1. The van der Waals surface area contributed by atoms with E-state index in [2.05, 4.69) is 0 Å². The third-order valence-corrected chi connectivity index (χ3v) is 3.40. The normalized spacial score (nSPS) is 12.3. The van der Waals surface area contributed by atoms with Gasteiger partial charge in [-0.25, -0.2) is 0 Å². The summed E-state index contributed by atoms with van der Waals surface area (Å²) in [6, 6.07) is 0. The van der Waals surface area contributed by atoms with Crippen LogP contribution in [0.25, 0.3) is 0 Å². The molecular formula is C17H33NO4. The van der Waals surface area contributed by atoms with Gasteiger partial charge < -0.3 is 14.4 Å². The SMILES string of the molecule is CCOC(C)(C)CCN(CC(C)=O)C(=O)CC(C)(C)OCC. The highest BCUT2D eigenvalue weighted by molar-refractivity contribution is 5.85. The Kier molecular flexibility index (Phi) is 8.86. The summed E-state index contributed by atoms with van der Waals surface area (Å²) in [5, 5.41) is 0. The van der Waals surface area contributed by atoms with E-state index in [0.717, 1.165) is 0 Å². The van der Waals surface area contributed by atoms with Crippen molar-refractivity contribution in [3.8, 4) is 0 Å². The molecule has 0 heterocycles. The molecule has 0 saturated heterocycles. The quantitative estimate of drug-likeness (QED) is 0.588. The van der Waals surface area contributed by atoms with Gasteiger partial charge in [-0.05, 0) is 54.9 Å². The van der Waals surface area contributed by atoms with Gasteiger partial charge in [0.15, 0.2) is 0 Å². The van der Waals surface area contributed by atoms with Gasteiger partial charge in [0.05, 0.1) is 24.2 Å². The third kappa shape index (κ3) is 9.15. The van der Waals surface area contributed by atoms with Crippen molar-refractivity contribution in [3.05, 3.63) is 0 Å². The smallest absolute Gasteiger partial charge is 0.225 e. The van der Waals surface area contributed by atoms with E-state index in [1.807, 2.05) is 41.5 Å². The molecule has 0 aliphatic carbocycles. The molecule has 130 valence electrons. The molecule has 0 aromatic heterocycles. The van der Waals surface area contributed by atoms with Crippen molar-refractivity contribution in [3.63, 3.8) is 0 Å². The highest BCUT2D eigenvalue weighted by Crippen LogP contribution is 2.19. The number of carbonyl (C=O) groups is 2. The predicted molar refractivity (Wildman–Crippen MR) is 87.9 cm³/mol. The first-order valence-corrected chi connectivity index (χ1v) is 8.08. The summed E-state index contributed by atoms with van der Waals surface area (Å²) in [6.07, 6.45) is 0.956. The molecule has 0 aromatic carbocycles. The number of carbonyl (C=O) groups excluding carboxylic acids is 2. The summed E-state index contributed by atoms with van der Waals surface area (Å²) < 4.78 is 11.2. The van der Waals surface area contributed by atoms with Crippen molar-refractivity contribution in [2.45, 2.75) is 72.5 Å². The number of ether oxygens (including phenoxy) is 2. The first-order valence-electron chi connectivity index (χ1n) is 8.08. The van der Waals surface area contributed by atoms with E-state index in [4.69, 9.17) is 9.47 Å². The van der Waals surface area contributed by atoms with Crippen molar-refractivity contribution in [2.75, 3.05) is 26.3 Å². The maximum atomic E-state index is 12.5. The van der Waals surface area contributed by atoms with E-state index in [-0.39, 0.29) is 30.3 Å². The fraction of sp³-hybridized carbons (Fsp3) is 0.882. The summed E-state index contributed by atoms with van der Waals surface area (Å²) in [4.78, 5) is 25.6. The van der Waals surface area contributed by atoms with Crippen molar-refractivity contribution in [2.24, 2.45) is 0 Å². The minimum Gasteiger partial charge on any atom is -0.376 e. The van der Waals surface area contributed by atoms with Crippen LogP contribution in [0.15, 0.2) is 0 Å². The molecular weight excluding hydrogens is 282 g/mol. The van der Waals surface area contributed by atoms with Gasteiger partial charge in [-0.1, -0.05) is 0 Å². The molecule has 0 unspecified atom stereocenters.